The van der Waals surface area contributed by atoms with Crippen LogP contribution in [0, 0.1) is 6.92 Å². The Morgan fingerprint density at radius 1 is 0.941 bits per heavy atom. The van der Waals surface area contributed by atoms with E-state index in [1.165, 1.54) is 0 Å². The number of benzene rings is 2. The molecule has 0 atom stereocenters. The van der Waals surface area contributed by atoms with Crippen LogP contribution in [0.4, 0.5) is 5.69 Å². The first kappa shape index (κ1) is 11.7. The third-order valence-corrected chi connectivity index (χ3v) is 3.70. The first-order valence-electron chi connectivity index (χ1n) is 5.22. The van der Waals surface area contributed by atoms with Crippen LogP contribution in [0.1, 0.15) is 5.56 Å². The second-order valence-electron chi connectivity index (χ2n) is 3.79. The fourth-order valence-corrected chi connectivity index (χ4v) is 2.67. The van der Waals surface area contributed by atoms with Gasteiger partial charge in [-0.3, -0.25) is 4.72 Å². The zero-order valence-corrected chi connectivity index (χ0v) is 10.2. The van der Waals surface area contributed by atoms with E-state index in [-0.39, 0.29) is 4.90 Å². The maximum atomic E-state index is 12.0. The van der Waals surface area contributed by atoms with E-state index < -0.39 is 10.0 Å². The summed E-state index contributed by atoms with van der Waals surface area (Å²) in [4.78, 5) is 0.279. The van der Waals surface area contributed by atoms with Crippen LogP contribution in [0.3, 0.4) is 0 Å². The van der Waals surface area contributed by atoms with Crippen molar-refractivity contribution >= 4 is 15.7 Å². The number of anilines is 1. The first-order valence-corrected chi connectivity index (χ1v) is 6.71. The molecule has 1 N–H and O–H groups in total. The van der Waals surface area contributed by atoms with Gasteiger partial charge in [-0.2, -0.15) is 0 Å². The summed E-state index contributed by atoms with van der Waals surface area (Å²) in [5.41, 5.74) is 1.48. The van der Waals surface area contributed by atoms with Crippen molar-refractivity contribution in [2.75, 3.05) is 4.72 Å². The number of nitrogens with one attached hydrogen (secondary N) is 1. The van der Waals surface area contributed by atoms with E-state index in [1.807, 2.05) is 19.1 Å². The molecule has 0 saturated heterocycles. The van der Waals surface area contributed by atoms with E-state index in [9.17, 15) is 8.42 Å². The van der Waals surface area contributed by atoms with E-state index in [0.717, 1.165) is 5.56 Å². The molecule has 0 aromatic heterocycles. The minimum Gasteiger partial charge on any atom is -0.280 e. The number of sulfonamides is 1. The van der Waals surface area contributed by atoms with Crippen molar-refractivity contribution in [3.05, 3.63) is 60.2 Å². The topological polar surface area (TPSA) is 46.2 Å². The highest BCUT2D eigenvalue weighted by molar-refractivity contribution is 7.92. The molecule has 17 heavy (non-hydrogen) atoms. The largest absolute Gasteiger partial charge is 0.280 e. The molecule has 0 unspecified atom stereocenters. The highest BCUT2D eigenvalue weighted by Gasteiger charge is 2.13. The number of hydrogen-bond donors (Lipinski definition) is 1. The molecule has 0 aliphatic carbocycles. The maximum Gasteiger partial charge on any atom is 0.261 e. The molecule has 0 bridgehead atoms. The van der Waals surface area contributed by atoms with Crippen molar-refractivity contribution < 1.29 is 8.42 Å². The number of rotatable bonds is 3. The summed E-state index contributed by atoms with van der Waals surface area (Å²) in [5, 5.41) is 0. The molecular weight excluding hydrogens is 234 g/mol. The van der Waals surface area contributed by atoms with Gasteiger partial charge in [0.2, 0.25) is 0 Å². The summed E-state index contributed by atoms with van der Waals surface area (Å²) in [6.07, 6.45) is 0. The van der Waals surface area contributed by atoms with Crippen LogP contribution in [0.2, 0.25) is 0 Å². The second-order valence-corrected chi connectivity index (χ2v) is 5.47. The van der Waals surface area contributed by atoms with Crippen molar-refractivity contribution in [3.63, 3.8) is 0 Å². The Morgan fingerprint density at radius 2 is 1.65 bits per heavy atom. The van der Waals surface area contributed by atoms with Gasteiger partial charge in [0.05, 0.1) is 4.90 Å². The first-order chi connectivity index (χ1) is 8.08. The molecule has 2 aromatic rings. The van der Waals surface area contributed by atoms with Crippen molar-refractivity contribution in [3.8, 4) is 0 Å². The van der Waals surface area contributed by atoms with E-state index in [2.05, 4.69) is 4.72 Å². The summed E-state index contributed by atoms with van der Waals surface area (Å²) in [7, 11) is -3.49. The highest BCUT2D eigenvalue weighted by atomic mass is 32.2. The SMILES string of the molecule is Cc1cccc(S(=O)(=O)Nc2ccccc2)c1. The minimum atomic E-state index is -3.49. The lowest BCUT2D eigenvalue weighted by atomic mass is 10.2. The van der Waals surface area contributed by atoms with Crippen LogP contribution in [0.15, 0.2) is 59.5 Å². The molecule has 0 spiro atoms. The molecule has 0 amide bonds. The van der Waals surface area contributed by atoms with Gasteiger partial charge < -0.3 is 0 Å². The maximum absolute atomic E-state index is 12.0. The minimum absolute atomic E-state index is 0.279. The Kier molecular flexibility index (Phi) is 3.15. The average Bonchev–Trinajstić information content (AvgIpc) is 2.30. The van der Waals surface area contributed by atoms with Gasteiger partial charge in [0.25, 0.3) is 10.0 Å². The van der Waals surface area contributed by atoms with Gasteiger partial charge in [-0.1, -0.05) is 30.3 Å². The molecule has 0 aliphatic heterocycles. The number of hydrogen-bond acceptors (Lipinski definition) is 2. The van der Waals surface area contributed by atoms with E-state index in [4.69, 9.17) is 0 Å². The van der Waals surface area contributed by atoms with Crippen LogP contribution in [0.5, 0.6) is 0 Å². The number of para-hydroxylation sites is 1. The predicted molar refractivity (Wildman–Crippen MR) is 68.4 cm³/mol. The van der Waals surface area contributed by atoms with Gasteiger partial charge in [-0.25, -0.2) is 8.42 Å². The van der Waals surface area contributed by atoms with Crippen LogP contribution in [0.25, 0.3) is 0 Å². The van der Waals surface area contributed by atoms with Gasteiger partial charge in [0.1, 0.15) is 0 Å². The van der Waals surface area contributed by atoms with E-state index >= 15 is 0 Å². The summed E-state index contributed by atoms with van der Waals surface area (Å²) < 4.78 is 26.6. The third-order valence-electron chi connectivity index (χ3n) is 2.33. The lowest BCUT2D eigenvalue weighted by molar-refractivity contribution is 0.601. The molecule has 0 aliphatic rings. The Hall–Kier alpha value is -1.81. The summed E-state index contributed by atoms with van der Waals surface area (Å²) in [5.74, 6) is 0. The normalized spacial score (nSPS) is 11.1. The molecule has 0 fully saturated rings. The van der Waals surface area contributed by atoms with Crippen molar-refractivity contribution in [1.82, 2.24) is 0 Å². The van der Waals surface area contributed by atoms with Gasteiger partial charge in [0, 0.05) is 5.69 Å². The summed E-state index contributed by atoms with van der Waals surface area (Å²) in [6.45, 7) is 1.86. The predicted octanol–water partition coefficient (Wildman–Crippen LogP) is 2.80. The molecule has 88 valence electrons. The summed E-state index contributed by atoms with van der Waals surface area (Å²) >= 11 is 0. The molecule has 0 radical (unpaired) electrons. The lowest BCUT2D eigenvalue weighted by Crippen LogP contribution is -2.12. The van der Waals surface area contributed by atoms with E-state index in [1.54, 1.807) is 42.5 Å². The highest BCUT2D eigenvalue weighted by Crippen LogP contribution is 2.16. The monoisotopic (exact) mass is 247 g/mol. The number of aryl methyl sites for hydroxylation is 1. The van der Waals surface area contributed by atoms with Gasteiger partial charge in [0.15, 0.2) is 0 Å². The Balaban J connectivity index is 2.32. The zero-order valence-electron chi connectivity index (χ0n) is 9.42. The third kappa shape index (κ3) is 2.85. The van der Waals surface area contributed by atoms with Crippen molar-refractivity contribution in [2.24, 2.45) is 0 Å². The quantitative estimate of drug-likeness (QED) is 0.906. The molecule has 0 saturated carbocycles. The Bertz CT molecular complexity index is 606. The Morgan fingerprint density at radius 3 is 2.29 bits per heavy atom. The van der Waals surface area contributed by atoms with Gasteiger partial charge in [-0.05, 0) is 36.8 Å². The molecule has 2 aromatic carbocycles. The zero-order chi connectivity index (χ0) is 12.3. The molecular formula is C13H13NO2S. The standard InChI is InChI=1S/C13H13NO2S/c1-11-6-5-9-13(10-11)17(15,16)14-12-7-3-2-4-8-12/h2-10,14H,1H3. The fraction of sp³-hybridized carbons (Fsp3) is 0.0769. The van der Waals surface area contributed by atoms with Crippen LogP contribution >= 0.6 is 0 Å². The molecule has 2 rings (SSSR count). The van der Waals surface area contributed by atoms with Crippen LogP contribution in [-0.2, 0) is 10.0 Å². The fourth-order valence-electron chi connectivity index (χ4n) is 1.50. The van der Waals surface area contributed by atoms with Gasteiger partial charge >= 0.3 is 0 Å². The van der Waals surface area contributed by atoms with E-state index in [0.29, 0.717) is 5.69 Å². The molecule has 3 nitrogen and oxygen atoms in total. The molecule has 0 heterocycles. The molecule has 4 heteroatoms. The second kappa shape index (κ2) is 4.59. The summed E-state index contributed by atoms with van der Waals surface area (Å²) in [6, 6.07) is 15.7. The smallest absolute Gasteiger partial charge is 0.261 e. The van der Waals surface area contributed by atoms with Gasteiger partial charge in [-0.15, -0.1) is 0 Å². The van der Waals surface area contributed by atoms with Crippen LogP contribution in [-0.4, -0.2) is 8.42 Å². The lowest BCUT2D eigenvalue weighted by Gasteiger charge is -2.08. The van der Waals surface area contributed by atoms with Crippen molar-refractivity contribution in [1.29, 1.82) is 0 Å². The average molecular weight is 247 g/mol. The Labute approximate surface area is 101 Å². The van der Waals surface area contributed by atoms with Crippen LogP contribution < -0.4 is 4.72 Å². The van der Waals surface area contributed by atoms with Crippen molar-refractivity contribution in [2.45, 2.75) is 11.8 Å².